The van der Waals surface area contributed by atoms with E-state index in [4.69, 9.17) is 10.2 Å². The maximum atomic E-state index is 10.4. The molecule has 0 bridgehead atoms. The molecule has 0 fully saturated rings. The largest absolute Gasteiger partial charge is 0.481 e. The van der Waals surface area contributed by atoms with E-state index in [1.807, 2.05) is 5.32 Å². The van der Waals surface area contributed by atoms with E-state index >= 15 is 0 Å². The highest BCUT2D eigenvalue weighted by Gasteiger charge is 2.21. The first-order valence-electron chi connectivity index (χ1n) is 3.15. The van der Waals surface area contributed by atoms with Gasteiger partial charge in [0.25, 0.3) is 0 Å². The second-order valence-electron chi connectivity index (χ2n) is 2.19. The number of carboxylic acids is 2. The van der Waals surface area contributed by atoms with Crippen molar-refractivity contribution in [2.45, 2.75) is 19.4 Å². The summed E-state index contributed by atoms with van der Waals surface area (Å²) in [5.74, 6) is -3.19. The molecule has 0 heterocycles. The Morgan fingerprint density at radius 2 is 1.77 bits per heavy atom. The lowest BCUT2D eigenvalue weighted by atomic mass is 10.2. The van der Waals surface area contributed by atoms with Gasteiger partial charge in [-0.25, -0.2) is 4.79 Å². The third-order valence-corrected chi connectivity index (χ3v) is 1.05. The van der Waals surface area contributed by atoms with Gasteiger partial charge in [-0.05, 0) is 0 Å². The molecule has 13 heavy (non-hydrogen) atoms. The Morgan fingerprint density at radius 1 is 1.31 bits per heavy atom. The minimum absolute atomic E-state index is 0. The Labute approximate surface area is 77.9 Å². The highest BCUT2D eigenvalue weighted by atomic mass is 31.0. The molecule has 0 aliphatic carbocycles. The molecule has 0 radical (unpaired) electrons. The SMILES string of the molecule is CC(=O)NC(CC(=O)O)C(=O)O.P. The summed E-state index contributed by atoms with van der Waals surface area (Å²) in [6, 6.07) is -1.35. The third kappa shape index (κ3) is 7.21. The Bertz CT molecular complexity index is 201. The van der Waals surface area contributed by atoms with E-state index < -0.39 is 30.3 Å². The maximum Gasteiger partial charge on any atom is 0.326 e. The smallest absolute Gasteiger partial charge is 0.326 e. The third-order valence-electron chi connectivity index (χ3n) is 1.05. The van der Waals surface area contributed by atoms with E-state index in [1.165, 1.54) is 0 Å². The van der Waals surface area contributed by atoms with Crippen LogP contribution in [-0.4, -0.2) is 34.1 Å². The molecule has 7 heteroatoms. The molecule has 2 unspecified atom stereocenters. The molecular formula is C6H12NO5P. The fourth-order valence-corrected chi connectivity index (χ4v) is 0.620. The van der Waals surface area contributed by atoms with Crippen LogP contribution in [0.2, 0.25) is 0 Å². The molecule has 0 aromatic rings. The fraction of sp³-hybridized carbons (Fsp3) is 0.500. The average molecular weight is 209 g/mol. The van der Waals surface area contributed by atoms with E-state index in [2.05, 4.69) is 0 Å². The summed E-state index contributed by atoms with van der Waals surface area (Å²) in [6.07, 6.45) is -0.616. The monoisotopic (exact) mass is 209 g/mol. The van der Waals surface area contributed by atoms with Crippen LogP contribution in [0.3, 0.4) is 0 Å². The molecule has 0 aromatic carbocycles. The number of nitrogens with one attached hydrogen (secondary N) is 1. The van der Waals surface area contributed by atoms with Gasteiger partial charge >= 0.3 is 11.9 Å². The van der Waals surface area contributed by atoms with Crippen LogP contribution in [0.25, 0.3) is 0 Å². The number of carboxylic acid groups (broad SMARTS) is 2. The molecule has 2 atom stereocenters. The van der Waals surface area contributed by atoms with Gasteiger partial charge in [-0.15, -0.1) is 0 Å². The molecule has 0 aliphatic rings. The van der Waals surface area contributed by atoms with Crippen molar-refractivity contribution >= 4 is 27.7 Å². The molecule has 0 saturated carbocycles. The second-order valence-corrected chi connectivity index (χ2v) is 2.19. The number of carbonyl (C=O) groups excluding carboxylic acids is 1. The number of aliphatic carboxylic acids is 2. The average Bonchev–Trinajstić information content (AvgIpc) is 1.83. The van der Waals surface area contributed by atoms with Gasteiger partial charge in [0.15, 0.2) is 0 Å². The Balaban J connectivity index is 0. The van der Waals surface area contributed by atoms with Gasteiger partial charge in [-0.2, -0.15) is 9.90 Å². The van der Waals surface area contributed by atoms with Gasteiger partial charge in [0.05, 0.1) is 6.42 Å². The second kappa shape index (κ2) is 6.37. The zero-order valence-corrected chi connectivity index (χ0v) is 8.52. The van der Waals surface area contributed by atoms with Crippen LogP contribution >= 0.6 is 9.90 Å². The van der Waals surface area contributed by atoms with Crippen LogP contribution in [0.5, 0.6) is 0 Å². The Morgan fingerprint density at radius 3 is 2.00 bits per heavy atom. The van der Waals surface area contributed by atoms with E-state index in [-0.39, 0.29) is 9.90 Å². The number of hydrogen-bond donors (Lipinski definition) is 3. The summed E-state index contributed by atoms with van der Waals surface area (Å²) in [7, 11) is 0. The lowest BCUT2D eigenvalue weighted by Crippen LogP contribution is -2.41. The summed E-state index contributed by atoms with van der Waals surface area (Å²) in [6.45, 7) is 1.12. The van der Waals surface area contributed by atoms with Crippen LogP contribution in [0.1, 0.15) is 13.3 Å². The number of rotatable bonds is 4. The highest BCUT2D eigenvalue weighted by Crippen LogP contribution is 1.91. The lowest BCUT2D eigenvalue weighted by molar-refractivity contribution is -0.147. The van der Waals surface area contributed by atoms with E-state index in [9.17, 15) is 14.4 Å². The van der Waals surface area contributed by atoms with Crippen molar-refractivity contribution in [2.24, 2.45) is 0 Å². The predicted molar refractivity (Wildman–Crippen MR) is 48.6 cm³/mol. The summed E-state index contributed by atoms with van der Waals surface area (Å²) in [4.78, 5) is 30.7. The molecular weight excluding hydrogens is 197 g/mol. The molecule has 76 valence electrons. The first-order valence-corrected chi connectivity index (χ1v) is 3.15. The van der Waals surface area contributed by atoms with Crippen molar-refractivity contribution in [3.8, 4) is 0 Å². The maximum absolute atomic E-state index is 10.4. The standard InChI is InChI=1S/C6H9NO5.H3P/c1-3(8)7-4(6(11)12)2-5(9)10;/h4H,2H2,1H3,(H,7,8)(H,9,10)(H,11,12);1H3. The minimum atomic E-state index is -1.35. The predicted octanol–water partition coefficient (Wildman–Crippen LogP) is -0.892. The van der Waals surface area contributed by atoms with Crippen LogP contribution < -0.4 is 5.32 Å². The van der Waals surface area contributed by atoms with Gasteiger partial charge in [0, 0.05) is 6.92 Å². The van der Waals surface area contributed by atoms with Crippen molar-refractivity contribution in [3.05, 3.63) is 0 Å². The molecule has 6 nitrogen and oxygen atoms in total. The fourth-order valence-electron chi connectivity index (χ4n) is 0.620. The van der Waals surface area contributed by atoms with E-state index in [1.54, 1.807) is 0 Å². The zero-order chi connectivity index (χ0) is 9.72. The van der Waals surface area contributed by atoms with Crippen LogP contribution in [-0.2, 0) is 14.4 Å². The first-order chi connectivity index (χ1) is 5.43. The quantitative estimate of drug-likeness (QED) is 0.521. The summed E-state index contributed by atoms with van der Waals surface area (Å²) < 4.78 is 0. The van der Waals surface area contributed by atoms with E-state index in [0.717, 1.165) is 6.92 Å². The highest BCUT2D eigenvalue weighted by molar-refractivity contribution is 6.92. The van der Waals surface area contributed by atoms with Gasteiger partial charge in [-0.1, -0.05) is 0 Å². The van der Waals surface area contributed by atoms with Crippen LogP contribution in [0, 0.1) is 0 Å². The lowest BCUT2D eigenvalue weighted by Gasteiger charge is -2.09. The summed E-state index contributed by atoms with van der Waals surface area (Å²) in [5, 5.41) is 18.6. The van der Waals surface area contributed by atoms with Gasteiger partial charge in [0.2, 0.25) is 5.91 Å². The van der Waals surface area contributed by atoms with Crippen LogP contribution in [0.15, 0.2) is 0 Å². The first kappa shape index (κ1) is 14.4. The number of carbonyl (C=O) groups is 3. The topological polar surface area (TPSA) is 104 Å². The van der Waals surface area contributed by atoms with Crippen molar-refractivity contribution < 1.29 is 24.6 Å². The molecule has 0 rings (SSSR count). The van der Waals surface area contributed by atoms with Gasteiger partial charge < -0.3 is 15.5 Å². The van der Waals surface area contributed by atoms with Crippen molar-refractivity contribution in [3.63, 3.8) is 0 Å². The molecule has 3 N–H and O–H groups in total. The van der Waals surface area contributed by atoms with E-state index in [0.29, 0.717) is 0 Å². The van der Waals surface area contributed by atoms with Gasteiger partial charge in [-0.3, -0.25) is 9.59 Å². The summed E-state index contributed by atoms with van der Waals surface area (Å²) >= 11 is 0. The number of amides is 1. The zero-order valence-electron chi connectivity index (χ0n) is 7.11. The Hall–Kier alpha value is -1.16. The molecule has 0 aliphatic heterocycles. The van der Waals surface area contributed by atoms with Crippen molar-refractivity contribution in [2.75, 3.05) is 0 Å². The normalized spacial score (nSPS) is 10.8. The van der Waals surface area contributed by atoms with Crippen LogP contribution in [0.4, 0.5) is 0 Å². The molecule has 1 amide bonds. The van der Waals surface area contributed by atoms with Gasteiger partial charge in [0.1, 0.15) is 6.04 Å². The minimum Gasteiger partial charge on any atom is -0.481 e. The molecule has 0 saturated heterocycles. The van der Waals surface area contributed by atoms with Crippen molar-refractivity contribution in [1.29, 1.82) is 0 Å². The molecule has 0 aromatic heterocycles. The van der Waals surface area contributed by atoms with Crippen molar-refractivity contribution in [1.82, 2.24) is 5.32 Å². The molecule has 0 spiro atoms. The summed E-state index contributed by atoms with van der Waals surface area (Å²) in [5.41, 5.74) is 0. The Kier molecular flexibility index (Phi) is 7.04. The number of hydrogen-bond acceptors (Lipinski definition) is 3.